The van der Waals surface area contributed by atoms with Crippen molar-refractivity contribution in [2.75, 3.05) is 18.8 Å². The van der Waals surface area contributed by atoms with Crippen molar-refractivity contribution in [1.82, 2.24) is 4.31 Å². The Hall–Kier alpha value is -1.07. The molecule has 0 radical (unpaired) electrons. The molecule has 0 aromatic heterocycles. The monoisotopic (exact) mass is 310 g/mol. The van der Waals surface area contributed by atoms with Crippen molar-refractivity contribution >= 4 is 15.7 Å². The van der Waals surface area contributed by atoms with E-state index in [0.29, 0.717) is 23.7 Å². The summed E-state index contributed by atoms with van der Waals surface area (Å²) in [5, 5.41) is 0. The summed E-state index contributed by atoms with van der Waals surface area (Å²) >= 11 is 0. The summed E-state index contributed by atoms with van der Waals surface area (Å²) in [6, 6.07) is 5.10. The minimum Gasteiger partial charge on any atom is -0.398 e. The first-order valence-electron chi connectivity index (χ1n) is 7.71. The molecule has 118 valence electrons. The number of hydrogen-bond donors (Lipinski definition) is 1. The molecule has 1 aromatic carbocycles. The quantitative estimate of drug-likeness (QED) is 0.869. The molecule has 5 heteroatoms. The third-order valence-electron chi connectivity index (χ3n) is 4.92. The van der Waals surface area contributed by atoms with E-state index in [9.17, 15) is 8.42 Å². The number of anilines is 1. The molecule has 0 saturated carbocycles. The predicted octanol–water partition coefficient (Wildman–Crippen LogP) is 3.03. The lowest BCUT2D eigenvalue weighted by Gasteiger charge is -2.38. The van der Waals surface area contributed by atoms with Gasteiger partial charge >= 0.3 is 0 Å². The summed E-state index contributed by atoms with van der Waals surface area (Å²) < 4.78 is 27.0. The van der Waals surface area contributed by atoms with Crippen LogP contribution in [0.25, 0.3) is 0 Å². The second-order valence-electron chi connectivity index (χ2n) is 6.28. The fourth-order valence-electron chi connectivity index (χ4n) is 2.82. The maximum Gasteiger partial charge on any atom is 0.243 e. The van der Waals surface area contributed by atoms with Crippen molar-refractivity contribution in [2.45, 2.75) is 51.3 Å². The van der Waals surface area contributed by atoms with Gasteiger partial charge in [0.1, 0.15) is 0 Å². The zero-order chi connectivity index (χ0) is 15.7. The summed E-state index contributed by atoms with van der Waals surface area (Å²) in [6.45, 7) is 7.62. The van der Waals surface area contributed by atoms with E-state index in [1.807, 2.05) is 13.0 Å². The van der Waals surface area contributed by atoms with Crippen LogP contribution in [0.15, 0.2) is 23.1 Å². The predicted molar refractivity (Wildman–Crippen MR) is 86.6 cm³/mol. The number of nitrogens with two attached hydrogens (primary N) is 1. The average Bonchev–Trinajstić information content (AvgIpc) is 2.47. The number of piperidine rings is 1. The highest BCUT2D eigenvalue weighted by Gasteiger charge is 2.34. The zero-order valence-corrected chi connectivity index (χ0v) is 14.0. The molecule has 0 bridgehead atoms. The smallest absolute Gasteiger partial charge is 0.243 e. The maximum absolute atomic E-state index is 12.7. The Morgan fingerprint density at radius 3 is 2.33 bits per heavy atom. The maximum atomic E-state index is 12.7. The van der Waals surface area contributed by atoms with Crippen molar-refractivity contribution in [3.63, 3.8) is 0 Å². The molecule has 1 aromatic rings. The molecular weight excluding hydrogens is 284 g/mol. The van der Waals surface area contributed by atoms with Gasteiger partial charge < -0.3 is 5.73 Å². The zero-order valence-electron chi connectivity index (χ0n) is 13.2. The van der Waals surface area contributed by atoms with E-state index in [-0.39, 0.29) is 5.41 Å². The molecule has 0 aliphatic carbocycles. The number of aryl methyl sites for hydroxylation is 1. The molecule has 2 rings (SSSR count). The molecule has 1 aliphatic rings. The number of hydrogen-bond acceptors (Lipinski definition) is 3. The number of benzene rings is 1. The van der Waals surface area contributed by atoms with Crippen LogP contribution in [0.5, 0.6) is 0 Å². The lowest BCUT2D eigenvalue weighted by molar-refractivity contribution is 0.169. The van der Waals surface area contributed by atoms with Crippen molar-refractivity contribution < 1.29 is 8.42 Å². The van der Waals surface area contributed by atoms with Crippen LogP contribution >= 0.6 is 0 Å². The van der Waals surface area contributed by atoms with Crippen LogP contribution in [0.3, 0.4) is 0 Å². The van der Waals surface area contributed by atoms with Crippen LogP contribution in [0.1, 0.15) is 45.6 Å². The Kier molecular flexibility index (Phi) is 4.63. The van der Waals surface area contributed by atoms with Gasteiger partial charge in [0.15, 0.2) is 0 Å². The number of nitrogens with zero attached hydrogens (tertiary/aromatic N) is 1. The summed E-state index contributed by atoms with van der Waals surface area (Å²) in [6.07, 6.45) is 3.75. The molecular formula is C16H26N2O2S. The lowest BCUT2D eigenvalue weighted by atomic mass is 9.79. The lowest BCUT2D eigenvalue weighted by Crippen LogP contribution is -2.41. The fraction of sp³-hybridized carbons (Fsp3) is 0.625. The topological polar surface area (TPSA) is 63.4 Å². The molecule has 2 N–H and O–H groups in total. The summed E-state index contributed by atoms with van der Waals surface area (Å²) in [7, 11) is -3.41. The van der Waals surface area contributed by atoms with E-state index in [1.165, 1.54) is 0 Å². The van der Waals surface area contributed by atoms with Gasteiger partial charge in [-0.1, -0.05) is 33.3 Å². The normalized spacial score (nSPS) is 19.6. The fourth-order valence-corrected chi connectivity index (χ4v) is 4.30. The van der Waals surface area contributed by atoms with Gasteiger partial charge in [0.05, 0.1) is 4.90 Å². The van der Waals surface area contributed by atoms with Crippen molar-refractivity contribution in [1.29, 1.82) is 0 Å². The minimum absolute atomic E-state index is 0.275. The third-order valence-corrected chi connectivity index (χ3v) is 6.81. The van der Waals surface area contributed by atoms with Gasteiger partial charge in [0, 0.05) is 18.8 Å². The highest BCUT2D eigenvalue weighted by molar-refractivity contribution is 7.89. The second-order valence-corrected chi connectivity index (χ2v) is 8.22. The van der Waals surface area contributed by atoms with Gasteiger partial charge in [0.2, 0.25) is 10.0 Å². The van der Waals surface area contributed by atoms with E-state index in [4.69, 9.17) is 5.73 Å². The van der Waals surface area contributed by atoms with Crippen LogP contribution in [0.4, 0.5) is 5.69 Å². The van der Waals surface area contributed by atoms with E-state index in [2.05, 4.69) is 13.8 Å². The van der Waals surface area contributed by atoms with Crippen LogP contribution in [0, 0.1) is 5.41 Å². The highest BCUT2D eigenvalue weighted by Crippen LogP contribution is 2.36. The van der Waals surface area contributed by atoms with Crippen LogP contribution < -0.4 is 5.73 Å². The first kappa shape index (κ1) is 16.3. The van der Waals surface area contributed by atoms with E-state index < -0.39 is 10.0 Å². The molecule has 1 heterocycles. The molecule has 0 unspecified atom stereocenters. The average molecular weight is 310 g/mol. The van der Waals surface area contributed by atoms with Crippen LogP contribution in [-0.2, 0) is 16.4 Å². The Morgan fingerprint density at radius 2 is 1.86 bits per heavy atom. The molecule has 21 heavy (non-hydrogen) atoms. The van der Waals surface area contributed by atoms with Crippen molar-refractivity contribution in [3.05, 3.63) is 23.8 Å². The Balaban J connectivity index is 2.21. The standard InChI is InChI=1S/C16H26N2O2S/c1-4-13-6-7-14(12-15(13)17)21(19,20)18-10-8-16(3,5-2)9-11-18/h6-7,12H,4-5,8-11,17H2,1-3H3. The number of nitrogen functional groups attached to an aromatic ring is 1. The molecule has 0 spiro atoms. The second kappa shape index (κ2) is 5.97. The van der Waals surface area contributed by atoms with Gasteiger partial charge in [-0.2, -0.15) is 4.31 Å². The third kappa shape index (κ3) is 3.24. The van der Waals surface area contributed by atoms with Gasteiger partial charge in [0.25, 0.3) is 0 Å². The minimum atomic E-state index is -3.41. The van der Waals surface area contributed by atoms with E-state index >= 15 is 0 Å². The van der Waals surface area contributed by atoms with Gasteiger partial charge in [-0.15, -0.1) is 0 Å². The summed E-state index contributed by atoms with van der Waals surface area (Å²) in [5.74, 6) is 0. The SMILES string of the molecule is CCc1ccc(S(=O)(=O)N2CCC(C)(CC)CC2)cc1N. The van der Waals surface area contributed by atoms with Crippen molar-refractivity contribution in [3.8, 4) is 0 Å². The van der Waals surface area contributed by atoms with E-state index in [1.54, 1.807) is 16.4 Å². The Labute approximate surface area is 128 Å². The van der Waals surface area contributed by atoms with Gasteiger partial charge in [-0.05, 0) is 42.4 Å². The molecule has 4 nitrogen and oxygen atoms in total. The first-order chi connectivity index (χ1) is 9.82. The Bertz CT molecular complexity index is 603. The highest BCUT2D eigenvalue weighted by atomic mass is 32.2. The first-order valence-corrected chi connectivity index (χ1v) is 9.15. The number of sulfonamides is 1. The van der Waals surface area contributed by atoms with Crippen LogP contribution in [0.2, 0.25) is 0 Å². The summed E-state index contributed by atoms with van der Waals surface area (Å²) in [4.78, 5) is 0.317. The Morgan fingerprint density at radius 1 is 1.24 bits per heavy atom. The van der Waals surface area contributed by atoms with Crippen molar-refractivity contribution in [2.24, 2.45) is 5.41 Å². The van der Waals surface area contributed by atoms with Crippen LogP contribution in [-0.4, -0.2) is 25.8 Å². The number of rotatable bonds is 4. The molecule has 0 atom stereocenters. The van der Waals surface area contributed by atoms with Gasteiger partial charge in [-0.25, -0.2) is 8.42 Å². The summed E-state index contributed by atoms with van der Waals surface area (Å²) in [5.41, 5.74) is 7.77. The molecule has 1 fully saturated rings. The molecule has 1 saturated heterocycles. The van der Waals surface area contributed by atoms with Gasteiger partial charge in [-0.3, -0.25) is 0 Å². The van der Waals surface area contributed by atoms with E-state index in [0.717, 1.165) is 31.2 Å². The molecule has 0 amide bonds. The molecule has 1 aliphatic heterocycles. The largest absolute Gasteiger partial charge is 0.398 e.